The van der Waals surface area contributed by atoms with Gasteiger partial charge in [0.15, 0.2) is 0 Å². The Balaban J connectivity index is 2.09. The fraction of sp³-hybridized carbons (Fsp3) is 0.636. The van der Waals surface area contributed by atoms with Crippen LogP contribution in [-0.2, 0) is 11.3 Å². The molecule has 1 unspecified atom stereocenters. The fourth-order valence-electron chi connectivity index (χ4n) is 1.92. The zero-order valence-corrected chi connectivity index (χ0v) is 11.0. The average molecular weight is 289 g/mol. The molecule has 0 aromatic carbocycles. The highest BCUT2D eigenvalue weighted by Crippen LogP contribution is 2.28. The third-order valence-corrected chi connectivity index (χ3v) is 3.64. The highest BCUT2D eigenvalue weighted by atomic mass is 79.9. The summed E-state index contributed by atoms with van der Waals surface area (Å²) in [5, 5.41) is 0. The van der Waals surface area contributed by atoms with Crippen molar-refractivity contribution in [3.05, 3.63) is 22.1 Å². The lowest BCUT2D eigenvalue weighted by Gasteiger charge is -2.31. The van der Waals surface area contributed by atoms with E-state index in [1.807, 2.05) is 6.07 Å². The Kier molecular flexibility index (Phi) is 4.02. The van der Waals surface area contributed by atoms with Crippen LogP contribution in [0.5, 0.6) is 0 Å². The van der Waals surface area contributed by atoms with Crippen LogP contribution in [0.1, 0.15) is 24.5 Å². The third kappa shape index (κ3) is 2.48. The summed E-state index contributed by atoms with van der Waals surface area (Å²) in [7, 11) is 0. The van der Waals surface area contributed by atoms with Gasteiger partial charge in [-0.05, 0) is 28.9 Å². The summed E-state index contributed by atoms with van der Waals surface area (Å²) in [5.74, 6) is 1.78. The Morgan fingerprint density at radius 1 is 1.50 bits per heavy atom. The first-order chi connectivity index (χ1) is 7.72. The Morgan fingerprint density at radius 3 is 2.75 bits per heavy atom. The average Bonchev–Trinajstić information content (AvgIpc) is 2.71. The first-order valence-electron chi connectivity index (χ1n) is 5.52. The number of nitrogens with zero attached hydrogens (tertiary/aromatic N) is 1. The predicted octanol–water partition coefficient (Wildman–Crippen LogP) is 1.89. The van der Waals surface area contributed by atoms with E-state index in [0.29, 0.717) is 6.54 Å². The molecule has 1 aliphatic rings. The summed E-state index contributed by atoms with van der Waals surface area (Å²) in [6, 6.07) is 2.29. The van der Waals surface area contributed by atoms with Crippen LogP contribution in [0.4, 0.5) is 0 Å². The van der Waals surface area contributed by atoms with E-state index in [0.717, 1.165) is 42.3 Å². The number of nitrogens with two attached hydrogens (primary N) is 1. The minimum atomic E-state index is 0.278. The van der Waals surface area contributed by atoms with Gasteiger partial charge in [0, 0.05) is 13.1 Å². The van der Waals surface area contributed by atoms with Crippen LogP contribution in [0.25, 0.3) is 0 Å². The second kappa shape index (κ2) is 5.31. The van der Waals surface area contributed by atoms with Crippen molar-refractivity contribution in [2.75, 3.05) is 26.3 Å². The quantitative estimate of drug-likeness (QED) is 0.923. The maximum atomic E-state index is 5.72. The molecule has 1 saturated heterocycles. The van der Waals surface area contributed by atoms with Crippen LogP contribution in [0, 0.1) is 0 Å². The number of halogens is 1. The molecule has 1 aliphatic heterocycles. The molecule has 1 aromatic rings. The molecule has 90 valence electrons. The molecule has 0 aliphatic carbocycles. The molecule has 1 aromatic heterocycles. The van der Waals surface area contributed by atoms with Crippen LogP contribution < -0.4 is 5.73 Å². The summed E-state index contributed by atoms with van der Waals surface area (Å²) < 4.78 is 12.0. The normalized spacial score (nSPS) is 19.9. The molecule has 0 spiro atoms. The van der Waals surface area contributed by atoms with Crippen LogP contribution in [0.15, 0.2) is 15.0 Å². The van der Waals surface area contributed by atoms with Crippen LogP contribution in [0.3, 0.4) is 0 Å². The maximum absolute atomic E-state index is 5.72. The molecule has 16 heavy (non-hydrogen) atoms. The molecule has 0 saturated carbocycles. The summed E-state index contributed by atoms with van der Waals surface area (Å²) in [6.45, 7) is 6.09. The van der Waals surface area contributed by atoms with Gasteiger partial charge in [0.1, 0.15) is 11.5 Å². The van der Waals surface area contributed by atoms with Gasteiger partial charge >= 0.3 is 0 Å². The standard InChI is InChI=1S/C11H17BrN2O2/c1-8(14-2-4-15-5-3-14)10-6-9(12)11(7-13)16-10/h6,8H,2-5,7,13H2,1H3. The lowest BCUT2D eigenvalue weighted by Crippen LogP contribution is -2.37. The number of hydrogen-bond acceptors (Lipinski definition) is 4. The third-order valence-electron chi connectivity index (χ3n) is 2.97. The van der Waals surface area contributed by atoms with E-state index in [2.05, 4.69) is 27.8 Å². The van der Waals surface area contributed by atoms with Gasteiger partial charge in [-0.25, -0.2) is 0 Å². The highest BCUT2D eigenvalue weighted by Gasteiger charge is 2.22. The SMILES string of the molecule is CC(c1cc(Br)c(CN)o1)N1CCOCC1. The topological polar surface area (TPSA) is 51.6 Å². The first-order valence-corrected chi connectivity index (χ1v) is 6.31. The van der Waals surface area contributed by atoms with Crippen molar-refractivity contribution in [1.82, 2.24) is 4.90 Å². The van der Waals surface area contributed by atoms with Gasteiger partial charge in [-0.3, -0.25) is 4.90 Å². The lowest BCUT2D eigenvalue weighted by molar-refractivity contribution is 0.0155. The van der Waals surface area contributed by atoms with Crippen molar-refractivity contribution in [2.24, 2.45) is 5.73 Å². The molecule has 4 nitrogen and oxygen atoms in total. The van der Waals surface area contributed by atoms with E-state index in [-0.39, 0.29) is 6.04 Å². The molecule has 2 rings (SSSR count). The highest BCUT2D eigenvalue weighted by molar-refractivity contribution is 9.10. The van der Waals surface area contributed by atoms with E-state index >= 15 is 0 Å². The molecular weight excluding hydrogens is 272 g/mol. The largest absolute Gasteiger partial charge is 0.462 e. The Bertz CT molecular complexity index is 348. The number of rotatable bonds is 3. The Morgan fingerprint density at radius 2 is 2.19 bits per heavy atom. The van der Waals surface area contributed by atoms with Crippen molar-refractivity contribution in [3.63, 3.8) is 0 Å². The second-order valence-corrected chi connectivity index (χ2v) is 4.80. The fourth-order valence-corrected chi connectivity index (χ4v) is 2.38. The molecule has 0 amide bonds. The van der Waals surface area contributed by atoms with Crippen molar-refractivity contribution >= 4 is 15.9 Å². The van der Waals surface area contributed by atoms with Crippen molar-refractivity contribution in [2.45, 2.75) is 19.5 Å². The Labute approximate surface area is 104 Å². The monoisotopic (exact) mass is 288 g/mol. The summed E-state index contributed by atoms with van der Waals surface area (Å²) in [5.41, 5.74) is 5.59. The molecule has 2 N–H and O–H groups in total. The van der Waals surface area contributed by atoms with Crippen molar-refractivity contribution in [1.29, 1.82) is 0 Å². The van der Waals surface area contributed by atoms with Gasteiger partial charge in [-0.15, -0.1) is 0 Å². The minimum Gasteiger partial charge on any atom is -0.462 e. The van der Waals surface area contributed by atoms with Crippen LogP contribution in [-0.4, -0.2) is 31.2 Å². The molecule has 1 fully saturated rings. The van der Waals surface area contributed by atoms with E-state index in [4.69, 9.17) is 14.9 Å². The molecule has 1 atom stereocenters. The zero-order valence-electron chi connectivity index (χ0n) is 9.41. The number of morpholine rings is 1. The smallest absolute Gasteiger partial charge is 0.131 e. The van der Waals surface area contributed by atoms with E-state index < -0.39 is 0 Å². The van der Waals surface area contributed by atoms with Gasteiger partial charge < -0.3 is 14.9 Å². The first kappa shape index (κ1) is 12.1. The van der Waals surface area contributed by atoms with Crippen molar-refractivity contribution < 1.29 is 9.15 Å². The number of ether oxygens (including phenoxy) is 1. The maximum Gasteiger partial charge on any atom is 0.131 e. The van der Waals surface area contributed by atoms with E-state index in [9.17, 15) is 0 Å². The number of hydrogen-bond donors (Lipinski definition) is 1. The molecule has 2 heterocycles. The molecule has 0 radical (unpaired) electrons. The van der Waals surface area contributed by atoms with Gasteiger partial charge in [0.05, 0.1) is 30.3 Å². The molecular formula is C11H17BrN2O2. The Hall–Kier alpha value is -0.360. The van der Waals surface area contributed by atoms with E-state index in [1.54, 1.807) is 0 Å². The van der Waals surface area contributed by atoms with E-state index in [1.165, 1.54) is 0 Å². The van der Waals surface area contributed by atoms with Crippen LogP contribution in [0.2, 0.25) is 0 Å². The lowest BCUT2D eigenvalue weighted by atomic mass is 10.2. The van der Waals surface area contributed by atoms with Crippen molar-refractivity contribution in [3.8, 4) is 0 Å². The molecule has 5 heteroatoms. The van der Waals surface area contributed by atoms with Gasteiger partial charge in [0.2, 0.25) is 0 Å². The number of furan rings is 1. The molecule has 0 bridgehead atoms. The zero-order chi connectivity index (χ0) is 11.5. The van der Waals surface area contributed by atoms with Crippen LogP contribution >= 0.6 is 15.9 Å². The summed E-state index contributed by atoms with van der Waals surface area (Å²) in [6.07, 6.45) is 0. The van der Waals surface area contributed by atoms with Gasteiger partial charge in [0.25, 0.3) is 0 Å². The van der Waals surface area contributed by atoms with Gasteiger partial charge in [-0.2, -0.15) is 0 Å². The summed E-state index contributed by atoms with van der Waals surface area (Å²) >= 11 is 3.45. The predicted molar refractivity (Wildman–Crippen MR) is 65.1 cm³/mol. The summed E-state index contributed by atoms with van der Waals surface area (Å²) in [4.78, 5) is 2.36. The van der Waals surface area contributed by atoms with Gasteiger partial charge in [-0.1, -0.05) is 0 Å². The minimum absolute atomic E-state index is 0.278. The second-order valence-electron chi connectivity index (χ2n) is 3.95.